The maximum atomic E-state index is 14.4. The maximum Gasteiger partial charge on any atom is 0.411 e. The molecule has 1 spiro atoms. The number of alkyl carbamates (subject to hydrolysis) is 1. The average Bonchev–Trinajstić information content (AvgIpc) is 4.00. The molecule has 3 aliphatic carbocycles. The van der Waals surface area contributed by atoms with Gasteiger partial charge < -0.3 is 25.0 Å². The van der Waals surface area contributed by atoms with Crippen LogP contribution >= 0.6 is 11.3 Å². The number of likely N-dealkylation sites (tertiary alicyclic amines) is 1. The van der Waals surface area contributed by atoms with E-state index in [-0.39, 0.29) is 19.4 Å². The topological polar surface area (TPSA) is 202 Å². The van der Waals surface area contributed by atoms with E-state index in [1.165, 1.54) is 16.2 Å². The third kappa shape index (κ3) is 8.30. The molecule has 0 bridgehead atoms. The lowest BCUT2D eigenvalue weighted by molar-refractivity contribution is -0.143. The molecule has 4 aliphatic rings. The summed E-state index contributed by atoms with van der Waals surface area (Å²) in [5.41, 5.74) is -1.66. The second kappa shape index (κ2) is 13.6. The van der Waals surface area contributed by atoms with E-state index < -0.39 is 85.3 Å². The van der Waals surface area contributed by atoms with Gasteiger partial charge in [0.15, 0.2) is 0 Å². The molecular weight excluding hydrogens is 725 g/mol. The molecule has 2 aromatic rings. The van der Waals surface area contributed by atoms with E-state index in [9.17, 15) is 32.4 Å². The number of carbonyl (C=O) groups excluding carboxylic acids is 5. The number of hydrogen-bond acceptors (Lipinski definition) is 11. The number of amides is 5. The van der Waals surface area contributed by atoms with Gasteiger partial charge in [-0.05, 0) is 82.9 Å². The van der Waals surface area contributed by atoms with Crippen LogP contribution in [0.4, 0.5) is 15.3 Å². The van der Waals surface area contributed by atoms with Crippen LogP contribution in [0.15, 0.2) is 29.8 Å². The molecule has 1 saturated heterocycles. The van der Waals surface area contributed by atoms with Crippen molar-refractivity contribution in [2.24, 2.45) is 10.8 Å². The second-order valence-electron chi connectivity index (χ2n) is 16.8. The van der Waals surface area contributed by atoms with E-state index in [0.717, 1.165) is 5.56 Å². The van der Waals surface area contributed by atoms with Gasteiger partial charge in [-0.1, -0.05) is 26.8 Å². The Labute approximate surface area is 313 Å². The molecule has 0 radical (unpaired) electrons. The monoisotopic (exact) mass is 772 g/mol. The van der Waals surface area contributed by atoms with Gasteiger partial charge in [0.2, 0.25) is 21.8 Å². The molecule has 53 heavy (non-hydrogen) atoms. The maximum absolute atomic E-state index is 14.4. The zero-order valence-electron chi connectivity index (χ0n) is 31.0. The predicted octanol–water partition coefficient (Wildman–Crippen LogP) is 4.22. The fourth-order valence-electron chi connectivity index (χ4n) is 6.95. The van der Waals surface area contributed by atoms with Gasteiger partial charge in [0, 0.05) is 29.0 Å². The van der Waals surface area contributed by atoms with Gasteiger partial charge in [0.25, 0.3) is 5.91 Å². The van der Waals surface area contributed by atoms with Gasteiger partial charge in [-0.2, -0.15) is 0 Å². The predicted molar refractivity (Wildman–Crippen MR) is 196 cm³/mol. The fraction of sp³-hybridized carbons (Fsp3) is 0.611. The van der Waals surface area contributed by atoms with Crippen molar-refractivity contribution in [1.29, 1.82) is 0 Å². The van der Waals surface area contributed by atoms with Crippen molar-refractivity contribution in [2.75, 3.05) is 11.9 Å². The Morgan fingerprint density at radius 1 is 1.04 bits per heavy atom. The Hall–Kier alpha value is -4.25. The number of nitrogens with one attached hydrogen (secondary N) is 4. The summed E-state index contributed by atoms with van der Waals surface area (Å²) < 4.78 is 38.9. The minimum absolute atomic E-state index is 0.119. The number of rotatable bonds is 10. The van der Waals surface area contributed by atoms with Crippen molar-refractivity contribution in [3.63, 3.8) is 0 Å². The first kappa shape index (κ1) is 38.5. The van der Waals surface area contributed by atoms with Crippen LogP contribution in [-0.2, 0) is 33.9 Å². The van der Waals surface area contributed by atoms with Gasteiger partial charge in [0.05, 0.1) is 17.5 Å². The first-order valence-electron chi connectivity index (χ1n) is 17.8. The van der Waals surface area contributed by atoms with Crippen molar-refractivity contribution in [2.45, 2.75) is 122 Å². The number of sulfonamides is 1. The summed E-state index contributed by atoms with van der Waals surface area (Å²) in [4.78, 5) is 74.2. The summed E-state index contributed by atoms with van der Waals surface area (Å²) in [6.07, 6.45) is 1.41. The quantitative estimate of drug-likeness (QED) is 0.271. The molecule has 1 aromatic carbocycles. The fourth-order valence-corrected chi connectivity index (χ4v) is 8.99. The van der Waals surface area contributed by atoms with E-state index in [1.807, 2.05) is 24.4 Å². The molecule has 2 heterocycles. The van der Waals surface area contributed by atoms with Crippen LogP contribution in [-0.4, -0.2) is 89.3 Å². The highest BCUT2D eigenvalue weighted by Gasteiger charge is 2.79. The molecule has 6 rings (SSSR count). The third-order valence-corrected chi connectivity index (χ3v) is 12.8. The van der Waals surface area contributed by atoms with Crippen molar-refractivity contribution in [3.05, 3.63) is 35.3 Å². The minimum Gasteiger partial charge on any atom is -0.444 e. The lowest BCUT2D eigenvalue weighted by atomic mass is 9.85. The molecule has 1 aromatic heterocycles. The number of nitrogens with zero attached hydrogens (tertiary/aromatic N) is 2. The molecule has 4 N–H and O–H groups in total. The molecule has 4 atom stereocenters. The summed E-state index contributed by atoms with van der Waals surface area (Å²) in [5.74, 6) is -2.10. The Morgan fingerprint density at radius 3 is 2.30 bits per heavy atom. The average molecular weight is 773 g/mol. The third-order valence-electron chi connectivity index (χ3n) is 10.1. The lowest BCUT2D eigenvalue weighted by Gasteiger charge is -2.36. The van der Waals surface area contributed by atoms with Crippen molar-refractivity contribution in [3.8, 4) is 10.6 Å². The molecule has 1 unspecified atom stereocenters. The van der Waals surface area contributed by atoms with Crippen LogP contribution in [0.5, 0.6) is 0 Å². The molecule has 15 nitrogen and oxygen atoms in total. The zero-order chi connectivity index (χ0) is 38.7. The number of ether oxygens (including phenoxy) is 2. The SMILES string of the molecule is Cc1ccc(-c2nccs2)c(NC(=O)O[C@@H]2C[C@@H](C(=O)NC3(C(=O)NS(=O)(=O)C4CC4)CC34CC4)N(C(=O)[C@@H](NC(=O)OC(C)(C)C)C(C)(C)C)C2)c1. The Morgan fingerprint density at radius 2 is 1.74 bits per heavy atom. The van der Waals surface area contributed by atoms with E-state index in [2.05, 4.69) is 25.7 Å². The number of aromatic nitrogens is 1. The van der Waals surface area contributed by atoms with E-state index in [0.29, 0.717) is 41.9 Å². The smallest absolute Gasteiger partial charge is 0.411 e. The van der Waals surface area contributed by atoms with Gasteiger partial charge in [0.1, 0.15) is 34.3 Å². The number of carbonyl (C=O) groups is 5. The van der Waals surface area contributed by atoms with Gasteiger partial charge in [-0.15, -0.1) is 11.3 Å². The van der Waals surface area contributed by atoms with Crippen molar-refractivity contribution in [1.82, 2.24) is 25.2 Å². The number of thiazole rings is 1. The van der Waals surface area contributed by atoms with Crippen LogP contribution in [0.25, 0.3) is 10.6 Å². The highest BCUT2D eigenvalue weighted by Crippen LogP contribution is 2.73. The van der Waals surface area contributed by atoms with Crippen LogP contribution < -0.4 is 20.7 Å². The molecular formula is C36H48N6O9S2. The van der Waals surface area contributed by atoms with E-state index in [4.69, 9.17) is 9.47 Å². The van der Waals surface area contributed by atoms with Crippen molar-refractivity contribution >= 4 is 57.0 Å². The highest BCUT2D eigenvalue weighted by atomic mass is 32.2. The summed E-state index contributed by atoms with van der Waals surface area (Å²) in [5, 5.41) is 10.2. The molecule has 3 saturated carbocycles. The molecule has 1 aliphatic heterocycles. The standard InChI is InChI=1S/C36H48N6O9S2/c1-20-8-11-23(28-37-14-15-52-28)24(16-20)38-31(46)50-21-17-25(42(18-21)29(44)26(33(2,3)4)39-32(47)51-34(5,6)7)27(43)40-36(19-35(36)12-13-35)30(45)41-53(48,49)22-9-10-22/h8,11,14-16,21-22,25-26H,9-10,12-13,17-19H2,1-7H3,(H,38,46)(H,39,47)(H,40,43)(H,41,45)/t21-,25+,26-,36?/m1/s1. The lowest BCUT2D eigenvalue weighted by Crippen LogP contribution is -2.60. The summed E-state index contributed by atoms with van der Waals surface area (Å²) in [7, 11) is -3.89. The highest BCUT2D eigenvalue weighted by molar-refractivity contribution is 7.91. The summed E-state index contributed by atoms with van der Waals surface area (Å²) in [6, 6.07) is 3.14. The van der Waals surface area contributed by atoms with Gasteiger partial charge >= 0.3 is 12.2 Å². The number of anilines is 1. The van der Waals surface area contributed by atoms with Crippen molar-refractivity contribution < 1.29 is 41.9 Å². The normalized spacial score (nSPS) is 23.8. The van der Waals surface area contributed by atoms with Crippen LogP contribution in [0, 0.1) is 17.8 Å². The Balaban J connectivity index is 1.24. The molecule has 5 amide bonds. The second-order valence-corrected chi connectivity index (χ2v) is 19.6. The molecule has 17 heteroatoms. The van der Waals surface area contributed by atoms with Crippen LogP contribution in [0.2, 0.25) is 0 Å². The largest absolute Gasteiger partial charge is 0.444 e. The Bertz CT molecular complexity index is 1910. The minimum atomic E-state index is -3.89. The number of benzene rings is 1. The number of hydrogen-bond donors (Lipinski definition) is 4. The molecule has 4 fully saturated rings. The summed E-state index contributed by atoms with van der Waals surface area (Å²) >= 11 is 1.40. The molecule has 288 valence electrons. The Kier molecular flexibility index (Phi) is 9.84. The van der Waals surface area contributed by atoms with E-state index in [1.54, 1.807) is 53.8 Å². The first-order valence-corrected chi connectivity index (χ1v) is 20.2. The van der Waals surface area contributed by atoms with Crippen LogP contribution in [0.1, 0.15) is 85.6 Å². The van der Waals surface area contributed by atoms with Gasteiger partial charge in [-0.3, -0.25) is 24.4 Å². The summed E-state index contributed by atoms with van der Waals surface area (Å²) in [6.45, 7) is 12.0. The van der Waals surface area contributed by atoms with Crippen LogP contribution in [0.3, 0.4) is 0 Å². The number of aryl methyl sites for hydroxylation is 1. The zero-order valence-corrected chi connectivity index (χ0v) is 32.7. The van der Waals surface area contributed by atoms with Gasteiger partial charge in [-0.25, -0.2) is 23.0 Å². The van der Waals surface area contributed by atoms with E-state index >= 15 is 0 Å². The first-order chi connectivity index (χ1) is 24.6.